The minimum atomic E-state index is -4.16. The number of rotatable bonds is 36. The Balaban J connectivity index is 0.000000257. The van der Waals surface area contributed by atoms with Crippen molar-refractivity contribution < 1.29 is 104 Å². The molecule has 0 saturated heterocycles. The monoisotopic (exact) mass is 1810 g/mol. The lowest BCUT2D eigenvalue weighted by atomic mass is 10.1. The fraction of sp³-hybridized carbons (Fsp3) is 0.429. The predicted octanol–water partition coefficient (Wildman–Crippen LogP) is 7.93. The molecular formula is C84H126N18O12S6. The van der Waals surface area contributed by atoms with Gasteiger partial charge in [-0.1, -0.05) is 36.4 Å². The van der Waals surface area contributed by atoms with Crippen LogP contribution in [0, 0.1) is 0 Å². The van der Waals surface area contributed by atoms with Crippen LogP contribution in [-0.2, 0) is 133 Å². The Morgan fingerprint density at radius 1 is 0.275 bits per heavy atom. The van der Waals surface area contributed by atoms with Gasteiger partial charge < -0.3 is 59.3 Å². The topological polar surface area (TPSA) is 391 Å². The Hall–Kier alpha value is -8.22. The second-order valence-corrected chi connectivity index (χ2v) is 38.5. The van der Waals surface area contributed by atoms with Crippen molar-refractivity contribution >= 4 is 126 Å². The number of fused-ring (bicyclic) bond motifs is 6. The summed E-state index contributed by atoms with van der Waals surface area (Å²) in [4.78, 5) is 22.6. The standard InChI is InChI=1S/6C14H21N3O2S/c6*1-15-20(18,19)10-11-4-5-14-13(8-11)12(9-16-14)6-7-17(2)3/h6*4-5,8-9,15-16H,6-7,10H2,1-3H3/i2D3,3D3,7D2,9D;1D3,2D3,3D3,9D;2D3,7D2,9D;1D3,2D3,9D;7D2,9D;1D3,9D. The van der Waals surface area contributed by atoms with Crippen molar-refractivity contribution in [3.8, 4) is 0 Å². The van der Waals surface area contributed by atoms with Crippen LogP contribution in [0.3, 0.4) is 0 Å². The molecule has 6 heterocycles. The number of nitrogens with one attached hydrogen (secondary N) is 12. The highest BCUT2D eigenvalue weighted by molar-refractivity contribution is 7.90. The van der Waals surface area contributed by atoms with Crippen LogP contribution in [0.1, 0.15) is 120 Å². The third-order valence-corrected chi connectivity index (χ3v) is 24.7. The number of aromatic amines is 6. The van der Waals surface area contributed by atoms with E-state index in [1.807, 2.05) is 19.0 Å². The maximum absolute atomic E-state index is 12.0. The summed E-state index contributed by atoms with van der Waals surface area (Å²) in [7, 11) is -8.89. The average Bonchev–Trinajstić information content (AvgIpc) is 1.49. The minimum Gasteiger partial charge on any atom is -0.361 e. The van der Waals surface area contributed by atoms with E-state index >= 15 is 0 Å². The summed E-state index contributed by atoms with van der Waals surface area (Å²) in [5, 5.41) is 3.34. The van der Waals surface area contributed by atoms with E-state index in [4.69, 9.17) is 53.5 Å². The normalized spacial score (nSPS) is 18.5. The summed E-state index contributed by atoms with van der Waals surface area (Å²) < 4.78 is 447. The first-order valence-electron chi connectivity index (χ1n) is 55.6. The predicted molar refractivity (Wildman–Crippen MR) is 493 cm³/mol. The zero-order valence-electron chi connectivity index (χ0n) is 106. The van der Waals surface area contributed by atoms with Gasteiger partial charge in [0.2, 0.25) is 60.1 Å². The number of nitrogens with zero attached hydrogens (tertiary/aromatic N) is 6. The van der Waals surface area contributed by atoms with Crippen molar-refractivity contribution in [3.05, 3.63) is 213 Å². The summed E-state index contributed by atoms with van der Waals surface area (Å²) in [6.45, 7) is -31.6. The van der Waals surface area contributed by atoms with Gasteiger partial charge in [0.05, 0.1) is 42.7 Å². The summed E-state index contributed by atoms with van der Waals surface area (Å²) in [6, 6.07) is 28.6. The van der Waals surface area contributed by atoms with Crippen molar-refractivity contribution in [3.63, 3.8) is 0 Å². The molecule has 36 heteroatoms. The summed E-state index contributed by atoms with van der Waals surface area (Å²) in [5.41, 5.74) is 8.69. The van der Waals surface area contributed by atoms with E-state index in [0.29, 0.717) is 127 Å². The Labute approximate surface area is 765 Å². The molecule has 30 nitrogen and oxygen atoms in total. The van der Waals surface area contributed by atoms with Gasteiger partial charge in [0, 0.05) is 187 Å². The fourth-order valence-corrected chi connectivity index (χ4v) is 15.9. The molecule has 0 atom stereocenters. The van der Waals surface area contributed by atoms with Crippen LogP contribution in [0.15, 0.2) is 146 Å². The first-order chi connectivity index (χ1) is 71.8. The van der Waals surface area contributed by atoms with E-state index in [1.54, 1.807) is 95.0 Å². The quantitative estimate of drug-likeness (QED) is 0.0177. The maximum Gasteiger partial charge on any atom is 0.215 e. The van der Waals surface area contributed by atoms with E-state index in [1.165, 1.54) is 80.5 Å². The molecule has 0 fully saturated rings. The van der Waals surface area contributed by atoms with E-state index in [-0.39, 0.29) is 103 Å². The summed E-state index contributed by atoms with van der Waals surface area (Å²) in [6.07, 6.45) is 0.171. The van der Waals surface area contributed by atoms with Gasteiger partial charge >= 0.3 is 0 Å². The van der Waals surface area contributed by atoms with Crippen molar-refractivity contribution in [2.45, 2.75) is 73.0 Å². The van der Waals surface area contributed by atoms with Crippen LogP contribution >= 0.6 is 0 Å². The van der Waals surface area contributed by atoms with Crippen LogP contribution in [0.2, 0.25) is 0 Å². The van der Waals surface area contributed by atoms with Crippen LogP contribution in [-0.4, -0.2) is 275 Å². The molecular weight excluding hydrogens is 1650 g/mol. The highest BCUT2D eigenvalue weighted by Gasteiger charge is 2.19. The SMILES string of the molecule is [2H]c1[nH]c2ccc(CS(=O)(=O)NC([2H])([2H])[2H])cc2c1CCN(C([2H])([2H])[2H])C([2H])([2H])[2H].[2H]c1[nH]c2ccc(CS(=O)(=O)NC([2H])([2H])[2H])cc2c1CCN(C)C.[2H]c1[nH]c2ccc(CS(=O)(=O)NC([2H])([2H])[2H])cc2c1CCN(C)C([2H])([2H])[2H].[2H]c1[nH]c2ccc(CS(=O)(=O)NC)cc2c1CC([2H])([2H])N(C([2H])([2H])[2H])C([2H])([2H])[2H].[2H]c1[nH]c2ccc(CS(=O)(=O)NC)cc2c1CC([2H])([2H])N(C)C.[2H]c1[nH]c2ccc(CS(=O)(=O)NC)cc2c1CC([2H])([2H])N(C)C([2H])([2H])[2H]. The van der Waals surface area contributed by atoms with Gasteiger partial charge in [-0.25, -0.2) is 78.8 Å². The Kier molecular flexibility index (Phi) is 21.0. The number of likely N-dealkylation sites (N-methyl/N-ethyl adjacent to an activating group) is 6. The van der Waals surface area contributed by atoms with Crippen LogP contribution in [0.4, 0.5) is 0 Å². The molecule has 6 aromatic carbocycles. The Bertz CT molecular complexity index is 7790. The molecule has 0 aliphatic heterocycles. The van der Waals surface area contributed by atoms with Crippen molar-refractivity contribution in [1.82, 2.24) is 87.6 Å². The second-order valence-electron chi connectivity index (χ2n) is 27.5. The molecule has 0 saturated carbocycles. The lowest BCUT2D eigenvalue weighted by Gasteiger charge is -2.08. The van der Waals surface area contributed by atoms with Crippen LogP contribution in [0.25, 0.3) is 65.4 Å². The molecule has 12 aromatic rings. The van der Waals surface area contributed by atoms with Gasteiger partial charge in [-0.15, -0.1) is 0 Å². The third kappa shape index (κ3) is 31.9. The number of hydrogen-bond donors (Lipinski definition) is 12. The minimum absolute atomic E-state index is 0.0311. The number of aryl methyl sites for hydroxylation is 3. The van der Waals surface area contributed by atoms with E-state index in [2.05, 4.69) is 44.1 Å². The molecule has 0 unspecified atom stereocenters. The third-order valence-electron chi connectivity index (χ3n) is 17.7. The highest BCUT2D eigenvalue weighted by atomic mass is 32.2. The molecule has 0 bridgehead atoms. The number of sulfonamides is 6. The average molecular weight is 1810 g/mol. The van der Waals surface area contributed by atoms with E-state index < -0.39 is 166 Å². The first kappa shape index (κ1) is 55.8. The van der Waals surface area contributed by atoms with Gasteiger partial charge in [0.1, 0.15) is 0 Å². The lowest BCUT2D eigenvalue weighted by molar-refractivity contribution is 0.414. The fourth-order valence-electron chi connectivity index (χ4n) is 11.6. The van der Waals surface area contributed by atoms with Gasteiger partial charge in [-0.2, -0.15) is 0 Å². The van der Waals surface area contributed by atoms with E-state index in [0.717, 1.165) is 30.1 Å². The van der Waals surface area contributed by atoms with Gasteiger partial charge in [0.15, 0.2) is 0 Å². The maximum atomic E-state index is 12.0. The highest BCUT2D eigenvalue weighted by Crippen LogP contribution is 2.28. The van der Waals surface area contributed by atoms with Gasteiger partial charge in [-0.3, -0.25) is 0 Å². The molecule has 0 amide bonds. The molecule has 12 rings (SSSR count). The van der Waals surface area contributed by atoms with Crippen molar-refractivity contribution in [2.75, 3.05) is 165 Å². The number of benzene rings is 6. The van der Waals surface area contributed by atoms with Gasteiger partial charge in [0.25, 0.3) is 0 Å². The molecule has 6 aromatic heterocycles. The lowest BCUT2D eigenvalue weighted by Crippen LogP contribution is -2.20. The molecule has 660 valence electrons. The molecule has 0 spiro atoms. The largest absolute Gasteiger partial charge is 0.361 e. The molecule has 0 aliphatic rings. The number of aromatic nitrogens is 6. The second kappa shape index (κ2) is 45.2. The van der Waals surface area contributed by atoms with Crippen molar-refractivity contribution in [2.24, 2.45) is 0 Å². The number of H-pyrrole nitrogens is 6. The molecule has 0 radical (unpaired) electrons. The zero-order chi connectivity index (χ0) is 122. The molecule has 0 aliphatic carbocycles. The molecule has 120 heavy (non-hydrogen) atoms. The van der Waals surface area contributed by atoms with Crippen LogP contribution in [0.5, 0.6) is 0 Å². The van der Waals surface area contributed by atoms with Gasteiger partial charge in [-0.05, 0) is 304 Å². The Morgan fingerprint density at radius 2 is 0.483 bits per heavy atom. The van der Waals surface area contributed by atoms with Crippen molar-refractivity contribution in [1.29, 1.82) is 0 Å². The zero-order valence-corrected chi connectivity index (χ0v) is 71.9. The Morgan fingerprint density at radius 3 is 0.700 bits per heavy atom. The summed E-state index contributed by atoms with van der Waals surface area (Å²) in [5.74, 6) is -2.31. The smallest absolute Gasteiger partial charge is 0.215 e. The summed E-state index contributed by atoms with van der Waals surface area (Å²) >= 11 is 0. The van der Waals surface area contributed by atoms with E-state index in [9.17, 15) is 50.5 Å². The number of hydrogen-bond acceptors (Lipinski definition) is 18. The van der Waals surface area contributed by atoms with Crippen LogP contribution < -0.4 is 28.3 Å². The first-order valence-corrected chi connectivity index (χ1v) is 46.0. The molecule has 12 N–H and O–H groups in total.